The molecule has 1 amide bonds. The monoisotopic (exact) mass is 376 g/mol. The van der Waals surface area contributed by atoms with Gasteiger partial charge in [0.25, 0.3) is 0 Å². The van der Waals surface area contributed by atoms with Gasteiger partial charge in [-0.25, -0.2) is 4.79 Å². The Balaban J connectivity index is 1.54. The maximum Gasteiger partial charge on any atom is 0.407 e. The van der Waals surface area contributed by atoms with Crippen molar-refractivity contribution in [3.8, 4) is 0 Å². The van der Waals surface area contributed by atoms with Crippen LogP contribution in [0.25, 0.3) is 0 Å². The van der Waals surface area contributed by atoms with Crippen LogP contribution >= 0.6 is 0 Å². The van der Waals surface area contributed by atoms with E-state index < -0.39 is 12.1 Å². The number of hydrogen-bond donors (Lipinski definition) is 1. The van der Waals surface area contributed by atoms with Gasteiger partial charge in [-0.2, -0.15) is 0 Å². The van der Waals surface area contributed by atoms with E-state index in [-0.39, 0.29) is 30.1 Å². The Morgan fingerprint density at radius 3 is 2.52 bits per heavy atom. The minimum atomic E-state index is -1.01. The third-order valence-electron chi connectivity index (χ3n) is 6.00. The Morgan fingerprint density at radius 2 is 1.89 bits per heavy atom. The number of likely N-dealkylation sites (tertiary alicyclic amines) is 1. The molecule has 3 rings (SSSR count). The summed E-state index contributed by atoms with van der Waals surface area (Å²) in [7, 11) is 0. The summed E-state index contributed by atoms with van der Waals surface area (Å²) in [6.45, 7) is 0.488. The molecule has 0 bridgehead atoms. The maximum atomic E-state index is 11.5. The second-order valence-corrected chi connectivity index (χ2v) is 7.68. The lowest BCUT2D eigenvalue weighted by Crippen LogP contribution is -2.52. The van der Waals surface area contributed by atoms with E-state index in [0.29, 0.717) is 25.3 Å². The Labute approximate surface area is 159 Å². The molecule has 148 valence electrons. The van der Waals surface area contributed by atoms with E-state index in [9.17, 15) is 20.0 Å². The first-order valence-corrected chi connectivity index (χ1v) is 9.82. The predicted molar refractivity (Wildman–Crippen MR) is 100 cm³/mol. The van der Waals surface area contributed by atoms with Gasteiger partial charge in [0.15, 0.2) is 0 Å². The van der Waals surface area contributed by atoms with Crippen LogP contribution in [0.15, 0.2) is 30.3 Å². The molecule has 0 radical (unpaired) electrons. The number of hydrogen-bond acceptors (Lipinski definition) is 4. The normalized spacial score (nSPS) is 28.7. The van der Waals surface area contributed by atoms with Crippen molar-refractivity contribution in [2.24, 2.45) is 5.92 Å². The molecule has 2 fully saturated rings. The van der Waals surface area contributed by atoms with E-state index in [4.69, 9.17) is 4.74 Å². The lowest BCUT2D eigenvalue weighted by atomic mass is 9.82. The predicted octanol–water partition coefficient (Wildman–Crippen LogP) is 3.76. The number of nitrogens with zero attached hydrogens (tertiary/aromatic N) is 2. The van der Waals surface area contributed by atoms with E-state index in [1.54, 1.807) is 0 Å². The second-order valence-electron chi connectivity index (χ2n) is 7.68. The molecule has 1 aliphatic heterocycles. The fraction of sp³-hybridized carbons (Fsp3) is 0.650. The van der Waals surface area contributed by atoms with Crippen LogP contribution in [0.5, 0.6) is 0 Å². The summed E-state index contributed by atoms with van der Waals surface area (Å²) in [4.78, 5) is 23.5. The van der Waals surface area contributed by atoms with Gasteiger partial charge in [0.2, 0.25) is 6.54 Å². The molecule has 1 aliphatic carbocycles. The molecule has 27 heavy (non-hydrogen) atoms. The van der Waals surface area contributed by atoms with Crippen LogP contribution in [0.2, 0.25) is 0 Å². The van der Waals surface area contributed by atoms with Crippen molar-refractivity contribution in [2.45, 2.75) is 56.6 Å². The van der Waals surface area contributed by atoms with Crippen molar-refractivity contribution in [2.75, 3.05) is 19.7 Å². The Kier molecular flexibility index (Phi) is 6.66. The molecule has 1 saturated heterocycles. The number of nitro groups is 1. The number of carboxylic acid groups (broad SMARTS) is 1. The first kappa shape index (κ1) is 19.6. The van der Waals surface area contributed by atoms with Gasteiger partial charge in [-0.15, -0.1) is 0 Å². The molecule has 2 atom stereocenters. The van der Waals surface area contributed by atoms with E-state index in [1.807, 2.05) is 6.07 Å². The average molecular weight is 376 g/mol. The molecule has 7 nitrogen and oxygen atoms in total. The van der Waals surface area contributed by atoms with E-state index in [1.165, 1.54) is 10.5 Å². The highest BCUT2D eigenvalue weighted by Gasteiger charge is 2.38. The standard InChI is InChI=1S/C20H28N2O5/c23-20(24)21-12-4-7-17(13-22(25)26)19(21)14-27-18-10-8-16(9-11-18)15-5-2-1-3-6-15/h1-3,5-6,16-19H,4,7-14H2,(H,23,24)/t16-,17?,18+,19?. The van der Waals surface area contributed by atoms with Gasteiger partial charge in [0.1, 0.15) is 0 Å². The third kappa shape index (κ3) is 5.19. The van der Waals surface area contributed by atoms with Crippen LogP contribution in [0.3, 0.4) is 0 Å². The maximum absolute atomic E-state index is 11.5. The SMILES string of the molecule is O=C(O)N1CCCC(C[N+](=O)[O-])C1CO[C@H]1CC[C@@H](c2ccccc2)CC1. The summed E-state index contributed by atoms with van der Waals surface area (Å²) in [6.07, 6.45) is 4.45. The van der Waals surface area contributed by atoms with Gasteiger partial charge < -0.3 is 14.7 Å². The summed E-state index contributed by atoms with van der Waals surface area (Å²) < 4.78 is 6.07. The lowest BCUT2D eigenvalue weighted by molar-refractivity contribution is -0.490. The van der Waals surface area contributed by atoms with Crippen LogP contribution in [0.1, 0.15) is 50.0 Å². The number of benzene rings is 1. The van der Waals surface area contributed by atoms with E-state index >= 15 is 0 Å². The van der Waals surface area contributed by atoms with E-state index in [0.717, 1.165) is 25.7 Å². The third-order valence-corrected chi connectivity index (χ3v) is 6.00. The van der Waals surface area contributed by atoms with Crippen molar-refractivity contribution in [3.05, 3.63) is 46.0 Å². The number of ether oxygens (including phenoxy) is 1. The minimum Gasteiger partial charge on any atom is -0.465 e. The first-order valence-electron chi connectivity index (χ1n) is 9.82. The van der Waals surface area contributed by atoms with Gasteiger partial charge in [0.05, 0.1) is 18.8 Å². The minimum absolute atomic E-state index is 0.110. The molecule has 1 saturated carbocycles. The summed E-state index contributed by atoms with van der Waals surface area (Å²) in [5.74, 6) is 0.281. The Morgan fingerprint density at radius 1 is 1.19 bits per heavy atom. The molecule has 1 aromatic carbocycles. The fourth-order valence-electron chi connectivity index (χ4n) is 4.53. The lowest BCUT2D eigenvalue weighted by Gasteiger charge is -2.39. The van der Waals surface area contributed by atoms with Crippen molar-refractivity contribution in [1.29, 1.82) is 0 Å². The van der Waals surface area contributed by atoms with Gasteiger partial charge >= 0.3 is 6.09 Å². The first-order chi connectivity index (χ1) is 13.0. The van der Waals surface area contributed by atoms with Crippen LogP contribution in [0, 0.1) is 16.0 Å². The smallest absolute Gasteiger partial charge is 0.407 e. The van der Waals surface area contributed by atoms with Crippen LogP contribution < -0.4 is 0 Å². The van der Waals surface area contributed by atoms with Crippen molar-refractivity contribution in [3.63, 3.8) is 0 Å². The Bertz CT molecular complexity index is 631. The van der Waals surface area contributed by atoms with E-state index in [2.05, 4.69) is 24.3 Å². The average Bonchev–Trinajstić information content (AvgIpc) is 2.67. The summed E-state index contributed by atoms with van der Waals surface area (Å²) in [6, 6.07) is 10.1. The quantitative estimate of drug-likeness (QED) is 0.603. The number of piperidine rings is 1. The molecule has 7 heteroatoms. The largest absolute Gasteiger partial charge is 0.465 e. The zero-order valence-electron chi connectivity index (χ0n) is 15.5. The zero-order valence-corrected chi connectivity index (χ0v) is 15.5. The molecule has 2 aliphatic rings. The van der Waals surface area contributed by atoms with Crippen LogP contribution in [0.4, 0.5) is 4.79 Å². The molecule has 1 N–H and O–H groups in total. The van der Waals surface area contributed by atoms with Crippen molar-refractivity contribution < 1.29 is 19.6 Å². The summed E-state index contributed by atoms with van der Waals surface area (Å²) >= 11 is 0. The number of rotatable bonds is 6. The highest BCUT2D eigenvalue weighted by molar-refractivity contribution is 5.65. The Hall–Kier alpha value is -2.15. The number of amides is 1. The molecular weight excluding hydrogens is 348 g/mol. The van der Waals surface area contributed by atoms with Crippen LogP contribution in [-0.4, -0.2) is 52.9 Å². The van der Waals surface area contributed by atoms with Crippen LogP contribution in [-0.2, 0) is 4.74 Å². The molecular formula is C20H28N2O5. The molecule has 0 spiro atoms. The highest BCUT2D eigenvalue weighted by atomic mass is 16.6. The molecule has 1 aromatic rings. The van der Waals surface area contributed by atoms with Gasteiger partial charge in [-0.05, 0) is 50.0 Å². The summed E-state index contributed by atoms with van der Waals surface area (Å²) in [5, 5.41) is 20.4. The fourth-order valence-corrected chi connectivity index (χ4v) is 4.53. The van der Waals surface area contributed by atoms with Gasteiger partial charge in [-0.3, -0.25) is 10.1 Å². The summed E-state index contributed by atoms with van der Waals surface area (Å²) in [5.41, 5.74) is 1.37. The number of carbonyl (C=O) groups is 1. The van der Waals surface area contributed by atoms with Crippen molar-refractivity contribution in [1.82, 2.24) is 4.90 Å². The van der Waals surface area contributed by atoms with Gasteiger partial charge in [-0.1, -0.05) is 30.3 Å². The van der Waals surface area contributed by atoms with Crippen molar-refractivity contribution >= 4 is 6.09 Å². The second kappa shape index (κ2) is 9.17. The highest BCUT2D eigenvalue weighted by Crippen LogP contribution is 2.34. The molecule has 0 aromatic heterocycles. The molecule has 2 unspecified atom stereocenters. The zero-order chi connectivity index (χ0) is 19.2. The molecule has 1 heterocycles. The van der Waals surface area contributed by atoms with Gasteiger partial charge in [0, 0.05) is 17.4 Å². The topological polar surface area (TPSA) is 92.9 Å².